The molecule has 0 fully saturated rings. The van der Waals surface area contributed by atoms with Gasteiger partial charge in [0.1, 0.15) is 0 Å². The summed E-state index contributed by atoms with van der Waals surface area (Å²) in [6.45, 7) is 1.92. The molecule has 86 valence electrons. The third-order valence-electron chi connectivity index (χ3n) is 2.40. The maximum absolute atomic E-state index is 10.9. The topological polar surface area (TPSA) is 50.2 Å². The first-order chi connectivity index (χ1) is 8.08. The highest BCUT2D eigenvalue weighted by atomic mass is 35.5. The molecule has 0 aliphatic carbocycles. The van der Waals surface area contributed by atoms with Crippen molar-refractivity contribution in [3.8, 4) is 11.1 Å². The molecular formula is C13H10ClNO2. The first-order valence-electron chi connectivity index (χ1n) is 5.03. The van der Waals surface area contributed by atoms with Gasteiger partial charge in [0, 0.05) is 28.5 Å². The Kier molecular flexibility index (Phi) is 3.11. The van der Waals surface area contributed by atoms with E-state index in [1.807, 2.05) is 13.0 Å². The van der Waals surface area contributed by atoms with Crippen molar-refractivity contribution in [2.24, 2.45) is 0 Å². The van der Waals surface area contributed by atoms with Crippen LogP contribution in [0.3, 0.4) is 0 Å². The maximum atomic E-state index is 10.9. The molecule has 1 heterocycles. The second-order valence-electron chi connectivity index (χ2n) is 3.75. The van der Waals surface area contributed by atoms with E-state index in [1.54, 1.807) is 24.5 Å². The molecule has 0 radical (unpaired) electrons. The number of benzene rings is 1. The standard InChI is InChI=1S/C13H10ClNO2/c1-8-4-10(7-15-6-8)11-5-9(13(16)17)2-3-12(11)14/h2-7H,1H3,(H,16,17). The van der Waals surface area contributed by atoms with E-state index < -0.39 is 5.97 Å². The minimum Gasteiger partial charge on any atom is -0.478 e. The van der Waals surface area contributed by atoms with Crippen LogP contribution in [0.1, 0.15) is 15.9 Å². The highest BCUT2D eigenvalue weighted by Gasteiger charge is 2.09. The number of nitrogens with zero attached hydrogens (tertiary/aromatic N) is 1. The number of carboxylic acids is 1. The van der Waals surface area contributed by atoms with Gasteiger partial charge in [-0.1, -0.05) is 11.6 Å². The van der Waals surface area contributed by atoms with Crippen LogP contribution >= 0.6 is 11.6 Å². The number of hydrogen-bond donors (Lipinski definition) is 1. The first-order valence-corrected chi connectivity index (χ1v) is 5.40. The lowest BCUT2D eigenvalue weighted by atomic mass is 10.0. The van der Waals surface area contributed by atoms with Gasteiger partial charge in [-0.05, 0) is 36.8 Å². The Hall–Kier alpha value is -1.87. The number of aromatic carboxylic acids is 1. The van der Waals surface area contributed by atoms with Crippen molar-refractivity contribution in [1.29, 1.82) is 0 Å². The molecule has 1 aromatic heterocycles. The summed E-state index contributed by atoms with van der Waals surface area (Å²) in [5.41, 5.74) is 2.71. The van der Waals surface area contributed by atoms with Gasteiger partial charge in [-0.15, -0.1) is 0 Å². The van der Waals surface area contributed by atoms with Crippen LogP contribution in [0.4, 0.5) is 0 Å². The van der Waals surface area contributed by atoms with Gasteiger partial charge in [0.25, 0.3) is 0 Å². The predicted octanol–water partition coefficient (Wildman–Crippen LogP) is 3.41. The SMILES string of the molecule is Cc1cncc(-c2cc(C(=O)O)ccc2Cl)c1. The number of aromatic nitrogens is 1. The van der Waals surface area contributed by atoms with Gasteiger partial charge < -0.3 is 5.11 Å². The normalized spacial score (nSPS) is 10.2. The van der Waals surface area contributed by atoms with Crippen LogP contribution in [0.2, 0.25) is 5.02 Å². The van der Waals surface area contributed by atoms with E-state index in [2.05, 4.69) is 4.98 Å². The zero-order valence-electron chi connectivity index (χ0n) is 9.14. The van der Waals surface area contributed by atoms with E-state index in [-0.39, 0.29) is 5.56 Å². The van der Waals surface area contributed by atoms with Gasteiger partial charge >= 0.3 is 5.97 Å². The van der Waals surface area contributed by atoms with Crippen LogP contribution in [-0.2, 0) is 0 Å². The van der Waals surface area contributed by atoms with Crippen LogP contribution in [0.15, 0.2) is 36.7 Å². The summed E-state index contributed by atoms with van der Waals surface area (Å²) in [5, 5.41) is 9.46. The number of pyridine rings is 1. The van der Waals surface area contributed by atoms with Crippen molar-refractivity contribution in [1.82, 2.24) is 4.98 Å². The van der Waals surface area contributed by atoms with Crippen LogP contribution in [0.25, 0.3) is 11.1 Å². The van der Waals surface area contributed by atoms with E-state index in [0.29, 0.717) is 10.6 Å². The summed E-state index contributed by atoms with van der Waals surface area (Å²) in [7, 11) is 0. The average Bonchev–Trinajstić information content (AvgIpc) is 2.29. The summed E-state index contributed by atoms with van der Waals surface area (Å²) in [6, 6.07) is 6.54. The van der Waals surface area contributed by atoms with Gasteiger partial charge in [-0.25, -0.2) is 4.79 Å². The molecule has 0 aliphatic rings. The van der Waals surface area contributed by atoms with Crippen molar-refractivity contribution >= 4 is 17.6 Å². The van der Waals surface area contributed by atoms with E-state index in [0.717, 1.165) is 11.1 Å². The van der Waals surface area contributed by atoms with Gasteiger partial charge in [0.05, 0.1) is 5.56 Å². The third-order valence-corrected chi connectivity index (χ3v) is 2.73. The molecule has 0 aliphatic heterocycles. The average molecular weight is 248 g/mol. The molecule has 0 bridgehead atoms. The second kappa shape index (κ2) is 4.55. The zero-order valence-corrected chi connectivity index (χ0v) is 9.90. The fourth-order valence-corrected chi connectivity index (χ4v) is 1.81. The minimum atomic E-state index is -0.969. The molecule has 0 saturated heterocycles. The minimum absolute atomic E-state index is 0.214. The lowest BCUT2D eigenvalue weighted by molar-refractivity contribution is 0.0697. The van der Waals surface area contributed by atoms with Crippen LogP contribution < -0.4 is 0 Å². The van der Waals surface area contributed by atoms with Gasteiger partial charge in [0.15, 0.2) is 0 Å². The van der Waals surface area contributed by atoms with E-state index in [1.165, 1.54) is 6.07 Å². The number of carbonyl (C=O) groups is 1. The van der Waals surface area contributed by atoms with Gasteiger partial charge in [0.2, 0.25) is 0 Å². The molecule has 0 saturated carbocycles. The van der Waals surface area contributed by atoms with E-state index in [9.17, 15) is 4.79 Å². The summed E-state index contributed by atoms with van der Waals surface area (Å²) >= 11 is 6.07. The molecule has 2 aromatic rings. The Morgan fingerprint density at radius 3 is 2.71 bits per heavy atom. The number of hydrogen-bond acceptors (Lipinski definition) is 2. The van der Waals surface area contributed by atoms with E-state index in [4.69, 9.17) is 16.7 Å². The Labute approximate surface area is 104 Å². The number of halogens is 1. The quantitative estimate of drug-likeness (QED) is 0.885. The fourth-order valence-electron chi connectivity index (χ4n) is 1.58. The lowest BCUT2D eigenvalue weighted by Crippen LogP contribution is -1.96. The van der Waals surface area contributed by atoms with Crippen molar-refractivity contribution < 1.29 is 9.90 Å². The Morgan fingerprint density at radius 1 is 1.29 bits per heavy atom. The first kappa shape index (κ1) is 11.6. The summed E-state index contributed by atoms with van der Waals surface area (Å²) in [5.74, 6) is -0.969. The highest BCUT2D eigenvalue weighted by Crippen LogP contribution is 2.28. The summed E-state index contributed by atoms with van der Waals surface area (Å²) < 4.78 is 0. The lowest BCUT2D eigenvalue weighted by Gasteiger charge is -2.06. The molecule has 0 spiro atoms. The molecule has 3 nitrogen and oxygen atoms in total. The number of aryl methyl sites for hydroxylation is 1. The molecule has 0 atom stereocenters. The molecule has 0 unspecified atom stereocenters. The van der Waals surface area contributed by atoms with Gasteiger partial charge in [-0.3, -0.25) is 4.98 Å². The number of rotatable bonds is 2. The Bertz CT molecular complexity index is 581. The summed E-state index contributed by atoms with van der Waals surface area (Å²) in [4.78, 5) is 15.0. The van der Waals surface area contributed by atoms with Crippen LogP contribution in [0, 0.1) is 6.92 Å². The monoisotopic (exact) mass is 247 g/mol. The largest absolute Gasteiger partial charge is 0.478 e. The number of carboxylic acid groups (broad SMARTS) is 1. The third kappa shape index (κ3) is 2.45. The second-order valence-corrected chi connectivity index (χ2v) is 4.16. The zero-order chi connectivity index (χ0) is 12.4. The van der Waals surface area contributed by atoms with Gasteiger partial charge in [-0.2, -0.15) is 0 Å². The van der Waals surface area contributed by atoms with Crippen LogP contribution in [-0.4, -0.2) is 16.1 Å². The van der Waals surface area contributed by atoms with Crippen molar-refractivity contribution in [2.45, 2.75) is 6.92 Å². The molecule has 1 N–H and O–H groups in total. The molecule has 17 heavy (non-hydrogen) atoms. The molecule has 4 heteroatoms. The molecular weight excluding hydrogens is 238 g/mol. The summed E-state index contributed by atoms with van der Waals surface area (Å²) in [6.07, 6.45) is 3.40. The van der Waals surface area contributed by atoms with Crippen molar-refractivity contribution in [2.75, 3.05) is 0 Å². The fraction of sp³-hybridized carbons (Fsp3) is 0.0769. The Balaban J connectivity index is 2.58. The maximum Gasteiger partial charge on any atom is 0.335 e. The molecule has 2 rings (SSSR count). The Morgan fingerprint density at radius 2 is 2.06 bits per heavy atom. The highest BCUT2D eigenvalue weighted by molar-refractivity contribution is 6.33. The predicted molar refractivity (Wildman–Crippen MR) is 66.4 cm³/mol. The molecule has 1 aromatic carbocycles. The van der Waals surface area contributed by atoms with E-state index >= 15 is 0 Å². The van der Waals surface area contributed by atoms with Crippen LogP contribution in [0.5, 0.6) is 0 Å². The van der Waals surface area contributed by atoms with Crippen molar-refractivity contribution in [3.05, 3.63) is 52.8 Å². The smallest absolute Gasteiger partial charge is 0.335 e. The molecule has 0 amide bonds. The van der Waals surface area contributed by atoms with Crippen molar-refractivity contribution in [3.63, 3.8) is 0 Å².